The van der Waals surface area contributed by atoms with Crippen molar-refractivity contribution < 1.29 is 4.79 Å². The average Bonchev–Trinajstić information content (AvgIpc) is 2.66. The third-order valence-corrected chi connectivity index (χ3v) is 4.08. The molecule has 3 rings (SSSR count). The van der Waals surface area contributed by atoms with E-state index in [0.29, 0.717) is 5.57 Å². The third-order valence-electron chi connectivity index (χ3n) is 4.08. The molecule has 0 bridgehead atoms. The van der Waals surface area contributed by atoms with E-state index in [-0.39, 0.29) is 17.0 Å². The lowest BCUT2D eigenvalue weighted by Crippen LogP contribution is -2.26. The van der Waals surface area contributed by atoms with Crippen LogP contribution in [0, 0.1) is 17.7 Å². The third kappa shape index (κ3) is 3.84. The van der Waals surface area contributed by atoms with E-state index in [1.807, 2.05) is 36.4 Å². The minimum absolute atomic E-state index is 0.00993. The number of nitrogens with one attached hydrogen (secondary N) is 2. The molecule has 0 spiro atoms. The van der Waals surface area contributed by atoms with Gasteiger partial charge >= 0.3 is 0 Å². The Balaban J connectivity index is 0.00000117. The number of nitrogens with two attached hydrogens (primary N) is 2. The lowest BCUT2D eigenvalue weighted by atomic mass is 9.90. The van der Waals surface area contributed by atoms with Crippen molar-refractivity contribution in [1.82, 2.24) is 0 Å². The number of primary amides is 1. The number of benzene rings is 2. The first-order valence-corrected chi connectivity index (χ1v) is 8.12. The monoisotopic (exact) mass is 346 g/mol. The number of hydrogen-bond donors (Lipinski definition) is 4. The molecule has 132 valence electrons. The molecular formula is C21H22N4O. The van der Waals surface area contributed by atoms with Crippen molar-refractivity contribution in [2.75, 3.05) is 7.05 Å². The maximum Gasteiger partial charge on any atom is 0.250 e. The maximum absolute atomic E-state index is 11.5. The number of hydrogen-bond acceptors (Lipinski definition) is 4. The first kappa shape index (κ1) is 19.0. The van der Waals surface area contributed by atoms with Gasteiger partial charge in [0.25, 0.3) is 5.91 Å². The van der Waals surface area contributed by atoms with E-state index in [9.17, 15) is 4.79 Å². The Morgan fingerprint density at radius 1 is 0.885 bits per heavy atom. The van der Waals surface area contributed by atoms with E-state index in [1.54, 1.807) is 12.2 Å². The van der Waals surface area contributed by atoms with Gasteiger partial charge in [0, 0.05) is 0 Å². The molecule has 0 atom stereocenters. The van der Waals surface area contributed by atoms with Gasteiger partial charge in [0.05, 0.1) is 17.0 Å². The van der Waals surface area contributed by atoms with Crippen LogP contribution in [0.4, 0.5) is 0 Å². The summed E-state index contributed by atoms with van der Waals surface area (Å²) in [6, 6.07) is 16.1. The van der Waals surface area contributed by atoms with Crippen LogP contribution in [-0.4, -0.2) is 24.4 Å². The number of allylic oxidation sites excluding steroid dienone is 3. The van der Waals surface area contributed by atoms with Gasteiger partial charge in [0.15, 0.2) is 0 Å². The minimum atomic E-state index is -0.688. The molecule has 0 fully saturated rings. The van der Waals surface area contributed by atoms with Crippen molar-refractivity contribution in [1.29, 1.82) is 10.8 Å². The number of aryl methyl sites for hydroxylation is 1. The minimum Gasteiger partial charge on any atom is -0.366 e. The summed E-state index contributed by atoms with van der Waals surface area (Å²) >= 11 is 0. The summed E-state index contributed by atoms with van der Waals surface area (Å²) < 4.78 is 0. The smallest absolute Gasteiger partial charge is 0.250 e. The fraction of sp³-hybridized carbons (Fsp3) is 0.0952. The highest BCUT2D eigenvalue weighted by molar-refractivity contribution is 6.56. The van der Waals surface area contributed by atoms with Gasteiger partial charge < -0.3 is 11.5 Å². The maximum atomic E-state index is 11.5. The lowest BCUT2D eigenvalue weighted by Gasteiger charge is -2.14. The molecule has 0 heterocycles. The van der Waals surface area contributed by atoms with Crippen molar-refractivity contribution >= 4 is 22.9 Å². The molecule has 2 aromatic rings. The molecular weight excluding hydrogens is 324 g/mol. The lowest BCUT2D eigenvalue weighted by molar-refractivity contribution is -0.114. The second-order valence-corrected chi connectivity index (χ2v) is 5.70. The van der Waals surface area contributed by atoms with E-state index in [2.05, 4.69) is 24.8 Å². The molecule has 0 aromatic heterocycles. The molecule has 0 unspecified atom stereocenters. The van der Waals surface area contributed by atoms with Crippen LogP contribution in [-0.2, 0) is 4.79 Å². The summed E-state index contributed by atoms with van der Waals surface area (Å²) in [5.41, 5.74) is 14.8. The van der Waals surface area contributed by atoms with Crippen LogP contribution in [0.3, 0.4) is 0 Å². The second kappa shape index (κ2) is 8.18. The average molecular weight is 346 g/mol. The Labute approximate surface area is 153 Å². The van der Waals surface area contributed by atoms with Crippen LogP contribution in [0.25, 0.3) is 16.7 Å². The highest BCUT2D eigenvalue weighted by atomic mass is 16.1. The van der Waals surface area contributed by atoms with Gasteiger partial charge in [-0.2, -0.15) is 0 Å². The fourth-order valence-corrected chi connectivity index (χ4v) is 2.74. The SMILES string of the molecule is CN.Cc1ccccc1-c1ccc(C2=CC(=N)C(=N)C(C(N)=O)=C2)cc1. The van der Waals surface area contributed by atoms with Crippen molar-refractivity contribution in [3.8, 4) is 11.1 Å². The predicted octanol–water partition coefficient (Wildman–Crippen LogP) is 3.09. The quantitative estimate of drug-likeness (QED) is 0.639. The highest BCUT2D eigenvalue weighted by Crippen LogP contribution is 2.27. The standard InChI is InChI=1S/C20H17N3O.CH5N/c1-12-4-2-3-5-16(12)14-8-6-13(7-9-14)15-10-17(20(23)24)19(22)18(21)11-15;1-2/h2-11,21-22H,1H3,(H2,23,24);2H2,1H3. The van der Waals surface area contributed by atoms with E-state index in [0.717, 1.165) is 11.1 Å². The van der Waals surface area contributed by atoms with Crippen molar-refractivity contribution in [2.45, 2.75) is 6.92 Å². The first-order chi connectivity index (χ1) is 12.5. The van der Waals surface area contributed by atoms with E-state index in [4.69, 9.17) is 16.6 Å². The number of carbonyl (C=O) groups excluding carboxylic acids is 1. The second-order valence-electron chi connectivity index (χ2n) is 5.70. The van der Waals surface area contributed by atoms with Gasteiger partial charge in [-0.3, -0.25) is 15.6 Å². The summed E-state index contributed by atoms with van der Waals surface area (Å²) in [6.07, 6.45) is 3.16. The van der Waals surface area contributed by atoms with E-state index < -0.39 is 5.91 Å². The fourth-order valence-electron chi connectivity index (χ4n) is 2.74. The zero-order valence-electron chi connectivity index (χ0n) is 14.8. The van der Waals surface area contributed by atoms with Gasteiger partial charge in [0.2, 0.25) is 0 Å². The zero-order valence-corrected chi connectivity index (χ0v) is 14.8. The molecule has 0 saturated carbocycles. The first-order valence-electron chi connectivity index (χ1n) is 8.12. The molecule has 1 aliphatic carbocycles. The van der Waals surface area contributed by atoms with Crippen LogP contribution in [0.2, 0.25) is 0 Å². The number of rotatable bonds is 3. The molecule has 5 nitrogen and oxygen atoms in total. The summed E-state index contributed by atoms with van der Waals surface area (Å²) in [4.78, 5) is 11.5. The molecule has 0 aliphatic heterocycles. The van der Waals surface area contributed by atoms with Crippen LogP contribution in [0.1, 0.15) is 11.1 Å². The van der Waals surface area contributed by atoms with Crippen molar-refractivity contribution in [2.24, 2.45) is 11.5 Å². The normalized spacial score (nSPS) is 13.3. The zero-order chi connectivity index (χ0) is 19.3. The molecule has 0 radical (unpaired) electrons. The Hall–Kier alpha value is -3.31. The Kier molecular flexibility index (Phi) is 5.98. The summed E-state index contributed by atoms with van der Waals surface area (Å²) in [7, 11) is 1.50. The van der Waals surface area contributed by atoms with Crippen LogP contribution >= 0.6 is 0 Å². The molecule has 5 heteroatoms. The Bertz CT molecular complexity index is 921. The van der Waals surface area contributed by atoms with E-state index >= 15 is 0 Å². The largest absolute Gasteiger partial charge is 0.366 e. The van der Waals surface area contributed by atoms with Crippen molar-refractivity contribution in [3.05, 3.63) is 77.4 Å². The van der Waals surface area contributed by atoms with E-state index in [1.165, 1.54) is 18.2 Å². The molecule has 0 saturated heterocycles. The molecule has 6 N–H and O–H groups in total. The van der Waals surface area contributed by atoms with Crippen LogP contribution < -0.4 is 11.5 Å². The van der Waals surface area contributed by atoms with Gasteiger partial charge in [0.1, 0.15) is 0 Å². The van der Waals surface area contributed by atoms with Crippen LogP contribution in [0.15, 0.2) is 66.3 Å². The van der Waals surface area contributed by atoms with Crippen molar-refractivity contribution in [3.63, 3.8) is 0 Å². The topological polar surface area (TPSA) is 117 Å². The van der Waals surface area contributed by atoms with Gasteiger partial charge in [-0.25, -0.2) is 0 Å². The van der Waals surface area contributed by atoms with Gasteiger partial charge in [-0.15, -0.1) is 0 Å². The highest BCUT2D eigenvalue weighted by Gasteiger charge is 2.20. The summed E-state index contributed by atoms with van der Waals surface area (Å²) in [5, 5.41) is 15.6. The van der Waals surface area contributed by atoms with Gasteiger partial charge in [-0.05, 0) is 54.0 Å². The Morgan fingerprint density at radius 2 is 1.46 bits per heavy atom. The van der Waals surface area contributed by atoms with Gasteiger partial charge in [-0.1, -0.05) is 48.5 Å². The molecule has 1 amide bonds. The predicted molar refractivity (Wildman–Crippen MR) is 107 cm³/mol. The Morgan fingerprint density at radius 3 is 2.04 bits per heavy atom. The number of amides is 1. The molecule has 2 aromatic carbocycles. The summed E-state index contributed by atoms with van der Waals surface area (Å²) in [6.45, 7) is 2.07. The van der Waals surface area contributed by atoms with Crippen LogP contribution in [0.5, 0.6) is 0 Å². The molecule has 1 aliphatic rings. The summed E-state index contributed by atoms with van der Waals surface area (Å²) in [5.74, 6) is -0.688. The molecule has 26 heavy (non-hydrogen) atoms. The number of carbonyl (C=O) groups is 1.